The molecule has 0 radical (unpaired) electrons. The van der Waals surface area contributed by atoms with Gasteiger partial charge in [-0.25, -0.2) is 8.78 Å². The zero-order chi connectivity index (χ0) is 13.2. The molecule has 7 heteroatoms. The van der Waals surface area contributed by atoms with E-state index >= 15 is 0 Å². The number of nitriles is 1. The Morgan fingerprint density at radius 3 is 2.12 bits per heavy atom. The highest BCUT2D eigenvalue weighted by Gasteiger charge is 2.31. The molecule has 17 heavy (non-hydrogen) atoms. The van der Waals surface area contributed by atoms with Crippen molar-refractivity contribution in [3.63, 3.8) is 0 Å². The smallest absolute Gasteiger partial charge is 0.322 e. The lowest BCUT2D eigenvalue weighted by atomic mass is 9.97. The van der Waals surface area contributed by atoms with Crippen LogP contribution in [0, 0.1) is 23.0 Å². The first-order valence-corrected chi connectivity index (χ1v) is 4.23. The monoisotopic (exact) mass is 241 g/mol. The topological polar surface area (TPSA) is 98.4 Å². The zero-order valence-electron chi connectivity index (χ0n) is 8.15. The van der Waals surface area contributed by atoms with Crippen LogP contribution in [0.2, 0.25) is 0 Å². The highest BCUT2D eigenvalue weighted by molar-refractivity contribution is 5.99. The maximum Gasteiger partial charge on any atom is 0.322 e. The third-order valence-corrected chi connectivity index (χ3v) is 2.01. The van der Waals surface area contributed by atoms with Gasteiger partial charge in [0, 0.05) is 5.56 Å². The highest BCUT2D eigenvalue weighted by atomic mass is 19.1. The average molecular weight is 241 g/mol. The number of carbonyl (C=O) groups is 2. The Balaban J connectivity index is 3.41. The van der Waals surface area contributed by atoms with E-state index in [1.165, 1.54) is 6.07 Å². The number of hydrogen-bond acceptors (Lipinski definition) is 3. The molecule has 1 aromatic rings. The summed E-state index contributed by atoms with van der Waals surface area (Å²) in [6.45, 7) is 0. The lowest BCUT2D eigenvalue weighted by Crippen LogP contribution is -2.22. The molecule has 0 heterocycles. The van der Waals surface area contributed by atoms with Crippen molar-refractivity contribution in [3.05, 3.63) is 34.9 Å². The van der Waals surface area contributed by atoms with Gasteiger partial charge in [-0.15, -0.1) is 0 Å². The molecule has 0 saturated carbocycles. The van der Waals surface area contributed by atoms with Gasteiger partial charge in [0.2, 0.25) is 0 Å². The maximum atomic E-state index is 13.3. The van der Waals surface area contributed by atoms with Crippen LogP contribution >= 0.6 is 0 Å². The molecule has 2 N–H and O–H groups in total. The van der Waals surface area contributed by atoms with E-state index in [0.29, 0.717) is 12.1 Å². The first-order valence-electron chi connectivity index (χ1n) is 4.23. The quantitative estimate of drug-likeness (QED) is 0.771. The second-order valence-electron chi connectivity index (χ2n) is 3.07. The fourth-order valence-electron chi connectivity index (χ4n) is 1.24. The van der Waals surface area contributed by atoms with Gasteiger partial charge in [-0.05, 0) is 12.1 Å². The number of rotatable bonds is 3. The zero-order valence-corrected chi connectivity index (χ0v) is 8.15. The summed E-state index contributed by atoms with van der Waals surface area (Å²) in [6, 6.07) is 2.22. The Kier molecular flexibility index (Phi) is 3.38. The highest BCUT2D eigenvalue weighted by Crippen LogP contribution is 2.23. The molecule has 0 aromatic heterocycles. The lowest BCUT2D eigenvalue weighted by Gasteiger charge is -2.09. The average Bonchev–Trinajstić information content (AvgIpc) is 2.21. The maximum absolute atomic E-state index is 13.3. The van der Waals surface area contributed by atoms with Gasteiger partial charge < -0.3 is 10.2 Å². The molecule has 0 amide bonds. The molecule has 0 aliphatic rings. The normalized spacial score (nSPS) is 10.0. The van der Waals surface area contributed by atoms with Crippen LogP contribution in [-0.4, -0.2) is 22.2 Å². The molecule has 0 spiro atoms. The Bertz CT molecular complexity index is 522. The van der Waals surface area contributed by atoms with Crippen LogP contribution in [-0.2, 0) is 9.59 Å². The van der Waals surface area contributed by atoms with Crippen molar-refractivity contribution in [1.82, 2.24) is 0 Å². The van der Waals surface area contributed by atoms with Gasteiger partial charge in [-0.3, -0.25) is 9.59 Å². The molecular weight excluding hydrogens is 236 g/mol. The minimum Gasteiger partial charge on any atom is -0.480 e. The predicted octanol–water partition coefficient (Wildman–Crippen LogP) is 1.09. The summed E-state index contributed by atoms with van der Waals surface area (Å²) in [5.74, 6) is -8.27. The van der Waals surface area contributed by atoms with Gasteiger partial charge in [-0.1, -0.05) is 0 Å². The van der Waals surface area contributed by atoms with Crippen molar-refractivity contribution < 1.29 is 28.6 Å². The van der Waals surface area contributed by atoms with Crippen LogP contribution in [0.4, 0.5) is 8.78 Å². The van der Waals surface area contributed by atoms with Crippen LogP contribution in [0.25, 0.3) is 0 Å². The lowest BCUT2D eigenvalue weighted by molar-refractivity contribution is -0.150. The van der Waals surface area contributed by atoms with E-state index in [4.69, 9.17) is 15.5 Å². The molecule has 88 valence electrons. The Morgan fingerprint density at radius 1 is 1.18 bits per heavy atom. The molecule has 1 aromatic carbocycles. The molecule has 0 aliphatic heterocycles. The first kappa shape index (κ1) is 12.6. The summed E-state index contributed by atoms with van der Waals surface area (Å²) in [5, 5.41) is 25.6. The first-order chi connectivity index (χ1) is 7.88. The van der Waals surface area contributed by atoms with Gasteiger partial charge in [0.25, 0.3) is 0 Å². The number of hydrogen-bond donors (Lipinski definition) is 2. The molecule has 0 bridgehead atoms. The van der Waals surface area contributed by atoms with Gasteiger partial charge in [0.05, 0.1) is 5.56 Å². The SMILES string of the molecule is N#Cc1cc(F)c(C(C(=O)O)C(=O)O)cc1F. The van der Waals surface area contributed by atoms with Crippen molar-refractivity contribution in [2.75, 3.05) is 0 Å². The van der Waals surface area contributed by atoms with E-state index in [0.717, 1.165) is 0 Å². The summed E-state index contributed by atoms with van der Waals surface area (Å²) >= 11 is 0. The minimum absolute atomic E-state index is 0.404. The molecular formula is C10H5F2NO4. The third kappa shape index (κ3) is 2.36. The summed E-state index contributed by atoms with van der Waals surface area (Å²) in [6.07, 6.45) is 0. The van der Waals surface area contributed by atoms with Crippen LogP contribution in [0.5, 0.6) is 0 Å². The Labute approximate surface area is 93.5 Å². The number of halogens is 2. The molecule has 0 fully saturated rings. The van der Waals surface area contributed by atoms with Crippen molar-refractivity contribution in [2.24, 2.45) is 0 Å². The Hall–Kier alpha value is -2.49. The van der Waals surface area contributed by atoms with Gasteiger partial charge in [-0.2, -0.15) is 5.26 Å². The second-order valence-corrected chi connectivity index (χ2v) is 3.07. The summed E-state index contributed by atoms with van der Waals surface area (Å²) in [4.78, 5) is 21.2. The van der Waals surface area contributed by atoms with Crippen molar-refractivity contribution in [1.29, 1.82) is 5.26 Å². The molecule has 5 nitrogen and oxygen atoms in total. The molecule has 1 rings (SSSR count). The fraction of sp³-hybridized carbons (Fsp3) is 0.100. The number of carboxylic acids is 2. The minimum atomic E-state index is -2.21. The Morgan fingerprint density at radius 2 is 1.71 bits per heavy atom. The van der Waals surface area contributed by atoms with E-state index in [1.807, 2.05) is 0 Å². The molecule has 0 unspecified atom stereocenters. The predicted molar refractivity (Wildman–Crippen MR) is 49.1 cm³/mol. The number of benzene rings is 1. The summed E-state index contributed by atoms with van der Waals surface area (Å²) in [7, 11) is 0. The molecule has 0 aliphatic carbocycles. The van der Waals surface area contributed by atoms with Gasteiger partial charge in [0.1, 0.15) is 17.7 Å². The number of nitrogens with zero attached hydrogens (tertiary/aromatic N) is 1. The second kappa shape index (κ2) is 4.57. The van der Waals surface area contributed by atoms with Gasteiger partial charge in [0.15, 0.2) is 5.92 Å². The van der Waals surface area contributed by atoms with Crippen molar-refractivity contribution in [2.45, 2.75) is 5.92 Å². The third-order valence-electron chi connectivity index (χ3n) is 2.01. The summed E-state index contributed by atoms with van der Waals surface area (Å²) < 4.78 is 26.5. The number of carboxylic acid groups (broad SMARTS) is 2. The largest absolute Gasteiger partial charge is 0.480 e. The molecule has 0 atom stereocenters. The van der Waals surface area contributed by atoms with Crippen molar-refractivity contribution in [3.8, 4) is 6.07 Å². The van der Waals surface area contributed by atoms with E-state index in [-0.39, 0.29) is 0 Å². The number of aliphatic carboxylic acids is 2. The van der Waals surface area contributed by atoms with Gasteiger partial charge >= 0.3 is 11.9 Å². The van der Waals surface area contributed by atoms with Crippen LogP contribution < -0.4 is 0 Å². The van der Waals surface area contributed by atoms with Crippen LogP contribution in [0.3, 0.4) is 0 Å². The fourth-order valence-corrected chi connectivity index (χ4v) is 1.24. The van der Waals surface area contributed by atoms with E-state index in [1.54, 1.807) is 0 Å². The molecule has 0 saturated heterocycles. The van der Waals surface area contributed by atoms with E-state index in [2.05, 4.69) is 0 Å². The van der Waals surface area contributed by atoms with E-state index in [9.17, 15) is 18.4 Å². The summed E-state index contributed by atoms with van der Waals surface area (Å²) in [5.41, 5.74) is -1.46. The standard InChI is InChI=1S/C10H5F2NO4/c11-6-2-5(7(12)1-4(6)3-13)8(9(14)15)10(16)17/h1-2,8H,(H,14,15)(H,16,17). The van der Waals surface area contributed by atoms with Crippen molar-refractivity contribution >= 4 is 11.9 Å². The van der Waals surface area contributed by atoms with Crippen LogP contribution in [0.1, 0.15) is 17.0 Å². The van der Waals surface area contributed by atoms with Crippen LogP contribution in [0.15, 0.2) is 12.1 Å². The van der Waals surface area contributed by atoms with E-state index < -0.39 is 40.6 Å².